The molecule has 0 bridgehead atoms. The summed E-state index contributed by atoms with van der Waals surface area (Å²) in [6.07, 6.45) is 5.01. The average Bonchev–Trinajstić information content (AvgIpc) is 3.00. The Morgan fingerprint density at radius 3 is 2.48 bits per heavy atom. The van der Waals surface area contributed by atoms with Crippen LogP contribution in [0, 0.1) is 5.92 Å². The average molecular weight is 343 g/mol. The molecule has 0 amide bonds. The van der Waals surface area contributed by atoms with E-state index in [0.717, 1.165) is 45.4 Å². The molecule has 0 fully saturated rings. The fraction of sp³-hybridized carbons (Fsp3) is 0.545. The summed E-state index contributed by atoms with van der Waals surface area (Å²) < 4.78 is 2.32. The van der Waals surface area contributed by atoms with Gasteiger partial charge >= 0.3 is 0 Å². The summed E-state index contributed by atoms with van der Waals surface area (Å²) in [6, 6.07) is 14.9. The highest BCUT2D eigenvalue weighted by Crippen LogP contribution is 2.13. The lowest BCUT2D eigenvalue weighted by molar-refractivity contribution is 0.0969. The molecule has 0 aliphatic heterocycles. The minimum Gasteiger partial charge on any atom is -0.392 e. The Hall–Kier alpha value is -1.58. The maximum atomic E-state index is 10.3. The fourth-order valence-electron chi connectivity index (χ4n) is 3.15. The number of rotatable bonds is 11. The first kappa shape index (κ1) is 19.7. The zero-order valence-corrected chi connectivity index (χ0v) is 16.1. The van der Waals surface area contributed by atoms with E-state index in [1.807, 2.05) is 0 Å². The van der Waals surface area contributed by atoms with E-state index in [1.54, 1.807) is 0 Å². The van der Waals surface area contributed by atoms with Gasteiger partial charge in [0.15, 0.2) is 0 Å². The lowest BCUT2D eigenvalue weighted by Gasteiger charge is -2.26. The van der Waals surface area contributed by atoms with Gasteiger partial charge in [-0.3, -0.25) is 4.90 Å². The van der Waals surface area contributed by atoms with E-state index in [0.29, 0.717) is 5.92 Å². The molecule has 2 rings (SSSR count). The fourth-order valence-corrected chi connectivity index (χ4v) is 3.15. The molecular weight excluding hydrogens is 308 g/mol. The standard InChI is InChI=1S/C22H34N2O/c1-4-9-22(25)18-23(15-13-19(2)3)17-21-12-8-14-24(21)16-20-10-6-5-7-11-20/h5-8,10-12,14,19,22,25H,4,9,13,15-18H2,1-3H3. The molecule has 0 saturated heterocycles. The summed E-state index contributed by atoms with van der Waals surface area (Å²) >= 11 is 0. The smallest absolute Gasteiger partial charge is 0.0667 e. The van der Waals surface area contributed by atoms with Crippen molar-refractivity contribution in [3.63, 3.8) is 0 Å². The van der Waals surface area contributed by atoms with E-state index in [2.05, 4.69) is 78.9 Å². The predicted molar refractivity (Wildman–Crippen MR) is 106 cm³/mol. The van der Waals surface area contributed by atoms with Crippen molar-refractivity contribution in [1.82, 2.24) is 9.47 Å². The van der Waals surface area contributed by atoms with Crippen LogP contribution in [0.5, 0.6) is 0 Å². The lowest BCUT2D eigenvalue weighted by Crippen LogP contribution is -2.34. The van der Waals surface area contributed by atoms with Crippen LogP contribution in [0.25, 0.3) is 0 Å². The number of hydrogen-bond acceptors (Lipinski definition) is 2. The monoisotopic (exact) mass is 342 g/mol. The molecule has 1 unspecified atom stereocenters. The molecule has 1 aromatic heterocycles. The summed E-state index contributed by atoms with van der Waals surface area (Å²) in [4.78, 5) is 2.41. The normalized spacial score (nSPS) is 12.9. The predicted octanol–water partition coefficient (Wildman–Crippen LogP) is 4.55. The first-order valence-electron chi connectivity index (χ1n) is 9.66. The topological polar surface area (TPSA) is 28.4 Å². The van der Waals surface area contributed by atoms with Gasteiger partial charge in [-0.15, -0.1) is 0 Å². The zero-order chi connectivity index (χ0) is 18.1. The minimum atomic E-state index is -0.227. The maximum Gasteiger partial charge on any atom is 0.0667 e. The molecule has 2 aromatic rings. The van der Waals surface area contributed by atoms with E-state index in [9.17, 15) is 5.11 Å². The minimum absolute atomic E-state index is 0.227. The zero-order valence-electron chi connectivity index (χ0n) is 16.1. The van der Waals surface area contributed by atoms with Crippen molar-refractivity contribution in [1.29, 1.82) is 0 Å². The number of hydrogen-bond donors (Lipinski definition) is 1. The van der Waals surface area contributed by atoms with Gasteiger partial charge < -0.3 is 9.67 Å². The number of aromatic nitrogens is 1. The molecule has 3 nitrogen and oxygen atoms in total. The second-order valence-electron chi connectivity index (χ2n) is 7.47. The Labute approximate surface area is 153 Å². The Morgan fingerprint density at radius 1 is 1.04 bits per heavy atom. The molecule has 138 valence electrons. The van der Waals surface area contributed by atoms with Crippen molar-refractivity contribution in [3.8, 4) is 0 Å². The van der Waals surface area contributed by atoms with Crippen molar-refractivity contribution >= 4 is 0 Å². The molecule has 1 N–H and O–H groups in total. The van der Waals surface area contributed by atoms with Crippen LogP contribution in [0.4, 0.5) is 0 Å². The van der Waals surface area contributed by atoms with E-state index in [4.69, 9.17) is 0 Å². The second kappa shape index (κ2) is 10.4. The van der Waals surface area contributed by atoms with Gasteiger partial charge in [0.2, 0.25) is 0 Å². The van der Waals surface area contributed by atoms with Crippen molar-refractivity contribution in [2.45, 2.75) is 59.2 Å². The summed E-state index contributed by atoms with van der Waals surface area (Å²) in [6.45, 7) is 10.3. The molecule has 0 aliphatic carbocycles. The molecule has 1 atom stereocenters. The van der Waals surface area contributed by atoms with Gasteiger partial charge in [-0.1, -0.05) is 57.5 Å². The van der Waals surface area contributed by atoms with E-state index < -0.39 is 0 Å². The van der Waals surface area contributed by atoms with Gasteiger partial charge in [-0.25, -0.2) is 0 Å². The van der Waals surface area contributed by atoms with Crippen molar-refractivity contribution < 1.29 is 5.11 Å². The molecule has 25 heavy (non-hydrogen) atoms. The third-order valence-electron chi connectivity index (χ3n) is 4.62. The first-order chi connectivity index (χ1) is 12.1. The first-order valence-corrected chi connectivity index (χ1v) is 9.66. The molecular formula is C22H34N2O. The van der Waals surface area contributed by atoms with Crippen LogP contribution in [-0.4, -0.2) is 33.8 Å². The Kier molecular flexibility index (Phi) is 8.23. The van der Waals surface area contributed by atoms with Gasteiger partial charge in [-0.05, 0) is 43.0 Å². The molecule has 0 spiro atoms. The molecule has 3 heteroatoms. The molecule has 1 heterocycles. The Balaban J connectivity index is 2.03. The summed E-state index contributed by atoms with van der Waals surface area (Å²) in [5.74, 6) is 0.682. The van der Waals surface area contributed by atoms with Crippen molar-refractivity contribution in [2.24, 2.45) is 5.92 Å². The van der Waals surface area contributed by atoms with Gasteiger partial charge in [0.1, 0.15) is 0 Å². The Bertz CT molecular complexity index is 591. The van der Waals surface area contributed by atoms with Gasteiger partial charge in [0.05, 0.1) is 6.10 Å². The van der Waals surface area contributed by atoms with Crippen LogP contribution in [0.3, 0.4) is 0 Å². The van der Waals surface area contributed by atoms with Crippen LogP contribution in [-0.2, 0) is 13.1 Å². The summed E-state index contributed by atoms with van der Waals surface area (Å²) in [5, 5.41) is 10.3. The highest BCUT2D eigenvalue weighted by Gasteiger charge is 2.14. The molecule has 0 saturated carbocycles. The van der Waals surface area contributed by atoms with Gasteiger partial charge in [0, 0.05) is 31.5 Å². The number of aliphatic hydroxyl groups is 1. The van der Waals surface area contributed by atoms with Gasteiger partial charge in [0.25, 0.3) is 0 Å². The maximum absolute atomic E-state index is 10.3. The quantitative estimate of drug-likeness (QED) is 0.649. The molecule has 0 radical (unpaired) electrons. The van der Waals surface area contributed by atoms with E-state index in [1.165, 1.54) is 11.3 Å². The van der Waals surface area contributed by atoms with Crippen LogP contribution >= 0.6 is 0 Å². The second-order valence-corrected chi connectivity index (χ2v) is 7.47. The van der Waals surface area contributed by atoms with Crippen LogP contribution in [0.1, 0.15) is 51.3 Å². The SMILES string of the molecule is CCCC(O)CN(CCC(C)C)Cc1cccn1Cc1ccccc1. The van der Waals surface area contributed by atoms with E-state index >= 15 is 0 Å². The van der Waals surface area contributed by atoms with Crippen LogP contribution < -0.4 is 0 Å². The van der Waals surface area contributed by atoms with Crippen molar-refractivity contribution in [2.75, 3.05) is 13.1 Å². The van der Waals surface area contributed by atoms with Crippen LogP contribution in [0.15, 0.2) is 48.7 Å². The Morgan fingerprint density at radius 2 is 1.80 bits per heavy atom. The summed E-state index contributed by atoms with van der Waals surface area (Å²) in [5.41, 5.74) is 2.64. The highest BCUT2D eigenvalue weighted by molar-refractivity contribution is 5.17. The molecule has 0 aliphatic rings. The number of aliphatic hydroxyl groups excluding tert-OH is 1. The highest BCUT2D eigenvalue weighted by atomic mass is 16.3. The number of nitrogens with zero attached hydrogens (tertiary/aromatic N) is 2. The van der Waals surface area contributed by atoms with Crippen molar-refractivity contribution in [3.05, 3.63) is 59.9 Å². The number of benzene rings is 1. The third-order valence-corrected chi connectivity index (χ3v) is 4.62. The van der Waals surface area contributed by atoms with Crippen LogP contribution in [0.2, 0.25) is 0 Å². The third kappa shape index (κ3) is 7.05. The lowest BCUT2D eigenvalue weighted by atomic mass is 10.1. The largest absolute Gasteiger partial charge is 0.392 e. The molecule has 1 aromatic carbocycles. The summed E-state index contributed by atoms with van der Waals surface area (Å²) in [7, 11) is 0. The van der Waals surface area contributed by atoms with E-state index in [-0.39, 0.29) is 6.10 Å². The van der Waals surface area contributed by atoms with Gasteiger partial charge in [-0.2, -0.15) is 0 Å².